The molecule has 3 fully saturated rings. The van der Waals surface area contributed by atoms with Crippen molar-refractivity contribution >= 4 is 102 Å². The van der Waals surface area contributed by atoms with Gasteiger partial charge in [-0.25, -0.2) is 18.1 Å². The van der Waals surface area contributed by atoms with Crippen molar-refractivity contribution in [2.24, 2.45) is 11.3 Å². The third-order valence-corrected chi connectivity index (χ3v) is 20.8. The topological polar surface area (TPSA) is 313 Å². The van der Waals surface area contributed by atoms with E-state index in [1.54, 1.807) is 47.5 Å². The van der Waals surface area contributed by atoms with Gasteiger partial charge in [-0.1, -0.05) is 49.2 Å². The number of thioether (sulfide) groups is 1. The lowest BCUT2D eigenvalue weighted by Crippen LogP contribution is -2.54. The van der Waals surface area contributed by atoms with E-state index >= 15 is 0 Å². The molecule has 6 aromatic rings. The lowest BCUT2D eigenvalue weighted by atomic mass is 9.72. The lowest BCUT2D eigenvalue weighted by Gasteiger charge is -2.39. The van der Waals surface area contributed by atoms with Crippen molar-refractivity contribution in [3.63, 3.8) is 0 Å². The number of carbonyl (C=O) groups is 6. The second-order valence-corrected chi connectivity index (χ2v) is 28.9. The zero-order valence-corrected chi connectivity index (χ0v) is 57.7. The summed E-state index contributed by atoms with van der Waals surface area (Å²) in [7, 11) is -4.67. The molecule has 29 heteroatoms. The first-order chi connectivity index (χ1) is 47.8. The third-order valence-electron chi connectivity index (χ3n) is 18.2. The molecule has 1 aliphatic carbocycles. The minimum atomic E-state index is -4.67. The van der Waals surface area contributed by atoms with Gasteiger partial charge in [0.05, 0.1) is 92.2 Å². The van der Waals surface area contributed by atoms with Gasteiger partial charge in [0.15, 0.2) is 0 Å². The normalized spacial score (nSPS) is 17.7. The van der Waals surface area contributed by atoms with Gasteiger partial charge >= 0.3 is 0 Å². The molecule has 11 rings (SSSR count). The fourth-order valence-corrected chi connectivity index (χ4v) is 14.8. The molecule has 0 saturated carbocycles. The fourth-order valence-electron chi connectivity index (χ4n) is 12.8. The first-order valence-electron chi connectivity index (χ1n) is 33.2. The first kappa shape index (κ1) is 71.9. The maximum absolute atomic E-state index is 14.2. The molecule has 99 heavy (non-hydrogen) atoms. The monoisotopic (exact) mass is 1420 g/mol. The van der Waals surface area contributed by atoms with E-state index in [1.165, 1.54) is 52.9 Å². The number of hydrogen-bond acceptors (Lipinski definition) is 21. The van der Waals surface area contributed by atoms with Crippen LogP contribution in [0.4, 0.5) is 17.1 Å². The number of nitrogens with zero attached hydrogens (tertiary/aromatic N) is 6. The van der Waals surface area contributed by atoms with E-state index in [1.807, 2.05) is 18.2 Å². The smallest absolute Gasteiger partial charge is 0.293 e. The number of nitrogens with one attached hydrogen (secondary N) is 4. The van der Waals surface area contributed by atoms with E-state index in [2.05, 4.69) is 61.1 Å². The number of likely N-dealkylation sites (tertiary alicyclic amines) is 1. The molecule has 0 radical (unpaired) electrons. The summed E-state index contributed by atoms with van der Waals surface area (Å²) in [5, 5.41) is 19.3. The highest BCUT2D eigenvalue weighted by Gasteiger charge is 2.46. The van der Waals surface area contributed by atoms with Gasteiger partial charge in [0.2, 0.25) is 17.7 Å². The highest BCUT2D eigenvalue weighted by Crippen LogP contribution is 2.44. The Balaban J connectivity index is 0.566. The van der Waals surface area contributed by atoms with E-state index in [4.69, 9.17) is 40.0 Å². The number of allylic oxidation sites excluding steroid dienone is 1. The molecule has 3 saturated heterocycles. The number of sulfonamides is 1. The molecule has 0 bridgehead atoms. The highest BCUT2D eigenvalue weighted by molar-refractivity contribution is 7.99. The van der Waals surface area contributed by atoms with Gasteiger partial charge in [-0.2, -0.15) is 0 Å². The lowest BCUT2D eigenvalue weighted by molar-refractivity contribution is -0.384. The number of aromatic amines is 1. The zero-order valence-electron chi connectivity index (χ0n) is 55.3. The molecule has 0 spiro atoms. The van der Waals surface area contributed by atoms with Gasteiger partial charge in [-0.15, -0.1) is 11.8 Å². The Kier molecular flexibility index (Phi) is 24.2. The first-order valence-corrected chi connectivity index (χ1v) is 36.0. The number of nitro benzene ring substituents is 1. The molecule has 1 atom stereocenters. The van der Waals surface area contributed by atoms with Crippen molar-refractivity contribution in [2.75, 3.05) is 134 Å². The number of halogens is 1. The summed E-state index contributed by atoms with van der Waals surface area (Å²) in [6.45, 7) is 12.4. The van der Waals surface area contributed by atoms with Crippen molar-refractivity contribution < 1.29 is 70.5 Å². The number of H-pyrrole nitrogens is 1. The standard InChI is InChI=1S/C70H81ClN10O16S2/c1-70(2)20-16-49(56(41-70)47-6-8-50(71)9-7-47)44-77-24-26-78(27-25-77)51-10-12-54(60(39-51)97-52-38-48-17-21-72-65(48)74-43-52)66(84)76-99(90,91)53-11-13-57(59(40-53)81(88)89)73-42-46-18-22-79(23-19-46)63(83)45-96-35-34-94-31-30-92-28-29-93-32-33-95-36-37-98-61-5-3-4-55-64(61)69(87)80(68(55)86)58-14-15-62(82)75-67(58)85/h3-13,17,21,38-40,43,46,58,73H,14-16,18-20,22-37,41-42,44-45H2,1-2H3,(H,72,74)(H,76,84)(H,75,82,85). The predicted molar refractivity (Wildman–Crippen MR) is 371 cm³/mol. The Morgan fingerprint density at radius 1 is 0.798 bits per heavy atom. The number of carbonyl (C=O) groups excluding carboxylic acids is 6. The van der Waals surface area contributed by atoms with Crippen molar-refractivity contribution in [3.8, 4) is 11.5 Å². The van der Waals surface area contributed by atoms with E-state index in [9.17, 15) is 47.3 Å². The van der Waals surface area contributed by atoms with Crippen LogP contribution in [0.25, 0.3) is 16.6 Å². The SMILES string of the molecule is CC1(C)CCC(CN2CCN(c3ccc(C(=O)NS(=O)(=O)c4ccc(NCC5CCN(C(=O)COCCOCCOCCOCCOCCSc6cccc7c6C(=O)N(C6CCC(=O)NC6=O)C7=O)CC5)c([N+](=O)[O-])c4)c(Oc4cnc5[nH]ccc5c4)c3)CC2)=C(c2ccc(Cl)cc2)C1. The van der Waals surface area contributed by atoms with Gasteiger partial charge in [-0.05, 0) is 122 Å². The summed E-state index contributed by atoms with van der Waals surface area (Å²) >= 11 is 7.64. The summed E-state index contributed by atoms with van der Waals surface area (Å²) < 4.78 is 64.4. The van der Waals surface area contributed by atoms with Crippen LogP contribution in [-0.2, 0) is 48.1 Å². The van der Waals surface area contributed by atoms with Crippen molar-refractivity contribution in [1.29, 1.82) is 0 Å². The molecule has 526 valence electrons. The summed E-state index contributed by atoms with van der Waals surface area (Å²) in [5.74, 6) is -2.40. The second-order valence-electron chi connectivity index (χ2n) is 25.6. The quantitative estimate of drug-likeness (QED) is 0.0101. The second kappa shape index (κ2) is 33.2. The van der Waals surface area contributed by atoms with E-state index in [0.29, 0.717) is 119 Å². The van der Waals surface area contributed by atoms with Crippen molar-refractivity contribution in [1.82, 2.24) is 34.7 Å². The molecule has 2 aromatic heterocycles. The number of fused-ring (bicyclic) bond motifs is 2. The Morgan fingerprint density at radius 2 is 1.51 bits per heavy atom. The molecule has 5 aliphatic rings. The number of benzene rings is 4. The highest BCUT2D eigenvalue weighted by atomic mass is 35.5. The molecular formula is C70H81ClN10O16S2. The number of piperidine rings is 2. The number of rotatable bonds is 32. The predicted octanol–water partition coefficient (Wildman–Crippen LogP) is 8.75. The van der Waals surface area contributed by atoms with Crippen LogP contribution in [0.1, 0.15) is 95.4 Å². The Morgan fingerprint density at radius 3 is 2.21 bits per heavy atom. The number of aromatic nitrogens is 2. The van der Waals surface area contributed by atoms with E-state index < -0.39 is 61.1 Å². The number of hydrogen-bond donors (Lipinski definition) is 4. The van der Waals surface area contributed by atoms with Gasteiger partial charge < -0.3 is 48.5 Å². The van der Waals surface area contributed by atoms with Gasteiger partial charge in [-0.3, -0.25) is 54.0 Å². The maximum Gasteiger partial charge on any atom is 0.293 e. The number of pyridine rings is 1. The molecule has 4 aromatic carbocycles. The van der Waals surface area contributed by atoms with Gasteiger partial charge in [0.1, 0.15) is 35.5 Å². The molecule has 4 aliphatic heterocycles. The van der Waals surface area contributed by atoms with Crippen LogP contribution in [0.15, 0.2) is 119 Å². The maximum atomic E-state index is 14.2. The van der Waals surface area contributed by atoms with Crippen LogP contribution in [0.3, 0.4) is 0 Å². The molecule has 26 nitrogen and oxygen atoms in total. The van der Waals surface area contributed by atoms with Crippen LogP contribution in [0.2, 0.25) is 5.02 Å². The van der Waals surface area contributed by atoms with E-state index in [0.717, 1.165) is 60.9 Å². The largest absolute Gasteiger partial charge is 0.455 e. The van der Waals surface area contributed by atoms with Crippen LogP contribution in [0, 0.1) is 21.4 Å². The molecule has 6 heterocycles. The summed E-state index contributed by atoms with van der Waals surface area (Å²) in [5.41, 5.74) is 5.65. The minimum Gasteiger partial charge on any atom is -0.455 e. The Hall–Kier alpha value is -8.32. The Bertz CT molecular complexity index is 4100. The van der Waals surface area contributed by atoms with Gasteiger partial charge in [0.25, 0.3) is 33.4 Å². The van der Waals surface area contributed by atoms with Crippen LogP contribution in [0.5, 0.6) is 11.5 Å². The van der Waals surface area contributed by atoms with E-state index in [-0.39, 0.29) is 78.0 Å². The third kappa shape index (κ3) is 18.6. The number of amides is 6. The van der Waals surface area contributed by atoms with Crippen LogP contribution < -0.4 is 25.0 Å². The van der Waals surface area contributed by atoms with Crippen molar-refractivity contribution in [2.45, 2.75) is 74.6 Å². The Labute approximate surface area is 582 Å². The number of imide groups is 2. The van der Waals surface area contributed by atoms with Gasteiger partial charge in [0, 0.05) is 104 Å². The number of piperazine rings is 1. The molecule has 4 N–H and O–H groups in total. The zero-order chi connectivity index (χ0) is 69.6. The fraction of sp³-hybridized carbons (Fsp3) is 0.443. The average molecular weight is 1420 g/mol. The molecule has 6 amide bonds. The summed E-state index contributed by atoms with van der Waals surface area (Å²) in [6, 6.07) is 24.1. The summed E-state index contributed by atoms with van der Waals surface area (Å²) in [6.07, 6.45) is 7.73. The number of nitro groups is 1. The van der Waals surface area contributed by atoms with Crippen molar-refractivity contribution in [3.05, 3.63) is 146 Å². The summed E-state index contributed by atoms with van der Waals surface area (Å²) in [4.78, 5) is 104. The number of anilines is 2. The molecule has 1 unspecified atom stereocenters. The van der Waals surface area contributed by atoms with Crippen LogP contribution >= 0.6 is 23.4 Å². The average Bonchev–Trinajstić information content (AvgIpc) is 1.60. The number of ether oxygens (including phenoxy) is 6. The minimum absolute atomic E-state index is 0.0471. The van der Waals surface area contributed by atoms with Crippen LogP contribution in [-0.4, -0.2) is 204 Å². The molecular weight excluding hydrogens is 1340 g/mol.